The summed E-state index contributed by atoms with van der Waals surface area (Å²) in [6.45, 7) is 5.70. The zero-order chi connectivity index (χ0) is 26.3. The van der Waals surface area contributed by atoms with Crippen molar-refractivity contribution in [3.63, 3.8) is 0 Å². The number of hydrogen-bond donors (Lipinski definition) is 1. The van der Waals surface area contributed by atoms with Crippen molar-refractivity contribution in [3.05, 3.63) is 167 Å². The molecule has 0 unspecified atom stereocenters. The molecule has 0 heterocycles. The first-order chi connectivity index (χ1) is 18.6. The van der Waals surface area contributed by atoms with Crippen LogP contribution in [0, 0.1) is 11.3 Å². The monoisotopic (exact) mass is 488 g/mol. The van der Waals surface area contributed by atoms with Crippen LogP contribution in [0.1, 0.15) is 34.7 Å². The fourth-order valence-electron chi connectivity index (χ4n) is 6.13. The van der Waals surface area contributed by atoms with Crippen molar-refractivity contribution in [2.24, 2.45) is 5.73 Å². The molecule has 2 nitrogen and oxygen atoms in total. The van der Waals surface area contributed by atoms with E-state index >= 15 is 0 Å². The van der Waals surface area contributed by atoms with Crippen molar-refractivity contribution in [1.29, 1.82) is 5.26 Å². The van der Waals surface area contributed by atoms with Gasteiger partial charge in [-0.05, 0) is 81.1 Å². The third kappa shape index (κ3) is 3.48. The molecule has 182 valence electrons. The minimum Gasteiger partial charge on any atom is -0.398 e. The van der Waals surface area contributed by atoms with Crippen LogP contribution in [0.5, 0.6) is 0 Å². The van der Waals surface area contributed by atoms with E-state index in [1.807, 2.05) is 12.2 Å². The SMILES string of the molecule is C=C(/C=C(\C)C#N)/C(N)=C/C=C\Cc1ccc2c(c1)-c1ccccc1C21c2ccccc2-c2ccccc21. The van der Waals surface area contributed by atoms with E-state index in [4.69, 9.17) is 11.0 Å². The molecule has 0 bridgehead atoms. The van der Waals surface area contributed by atoms with Gasteiger partial charge in [-0.1, -0.05) is 110 Å². The Balaban J connectivity index is 1.40. The Labute approximate surface area is 224 Å². The molecule has 2 aliphatic carbocycles. The molecule has 2 N–H and O–H groups in total. The van der Waals surface area contributed by atoms with Crippen LogP contribution in [0.2, 0.25) is 0 Å². The molecule has 38 heavy (non-hydrogen) atoms. The second-order valence-corrected chi connectivity index (χ2v) is 9.99. The summed E-state index contributed by atoms with van der Waals surface area (Å²) in [5.74, 6) is 0. The average molecular weight is 489 g/mol. The number of nitrogens with two attached hydrogens (primary N) is 1. The molecule has 2 aliphatic rings. The first-order valence-electron chi connectivity index (χ1n) is 12.9. The average Bonchev–Trinajstić information content (AvgIpc) is 3.42. The molecule has 6 rings (SSSR count). The van der Waals surface area contributed by atoms with Gasteiger partial charge in [-0.2, -0.15) is 5.26 Å². The van der Waals surface area contributed by atoms with Gasteiger partial charge in [0.1, 0.15) is 0 Å². The lowest BCUT2D eigenvalue weighted by Gasteiger charge is -2.30. The molecule has 0 aliphatic heterocycles. The maximum absolute atomic E-state index is 8.96. The summed E-state index contributed by atoms with van der Waals surface area (Å²) in [7, 11) is 0. The Morgan fingerprint density at radius 2 is 1.34 bits per heavy atom. The summed E-state index contributed by atoms with van der Waals surface area (Å²) in [6, 6.07) is 35.6. The maximum atomic E-state index is 8.96. The van der Waals surface area contributed by atoms with Crippen molar-refractivity contribution in [2.45, 2.75) is 18.8 Å². The summed E-state index contributed by atoms with van der Waals surface area (Å²) >= 11 is 0. The molecular weight excluding hydrogens is 460 g/mol. The van der Waals surface area contributed by atoms with Gasteiger partial charge in [0.15, 0.2) is 0 Å². The Hall–Kier alpha value is -4.87. The van der Waals surface area contributed by atoms with Crippen molar-refractivity contribution in [2.75, 3.05) is 0 Å². The number of nitrogens with zero attached hydrogens (tertiary/aromatic N) is 1. The van der Waals surface area contributed by atoms with E-state index in [1.165, 1.54) is 50.1 Å². The van der Waals surface area contributed by atoms with E-state index in [0.717, 1.165) is 6.42 Å². The fraction of sp³-hybridized carbons (Fsp3) is 0.0833. The Morgan fingerprint density at radius 3 is 1.92 bits per heavy atom. The minimum atomic E-state index is -0.292. The Bertz CT molecular complexity index is 1690. The van der Waals surface area contributed by atoms with Crippen LogP contribution in [0.3, 0.4) is 0 Å². The van der Waals surface area contributed by atoms with Crippen LogP contribution in [0.25, 0.3) is 22.3 Å². The maximum Gasteiger partial charge on any atom is 0.0944 e. The third-order valence-electron chi connectivity index (χ3n) is 7.76. The van der Waals surface area contributed by atoms with Crippen LogP contribution in [0.4, 0.5) is 0 Å². The first-order valence-corrected chi connectivity index (χ1v) is 12.9. The van der Waals surface area contributed by atoms with E-state index in [-0.39, 0.29) is 5.41 Å². The van der Waals surface area contributed by atoms with Crippen LogP contribution in [0.15, 0.2) is 139 Å². The van der Waals surface area contributed by atoms with Crippen molar-refractivity contribution < 1.29 is 0 Å². The predicted octanol–water partition coefficient (Wildman–Crippen LogP) is 8.00. The standard InChI is InChI=1S/C36H28N2/c1-24(23-37)21-25(2)35(38)18-10-3-11-26-19-20-34-30(22-26)29-14-6-9-17-33(29)36(34)31-15-7-4-12-27(31)28-13-5-8-16-32(28)36/h3-10,12-22H,2,11,38H2,1H3/b10-3-,24-21+,35-18-. The first kappa shape index (κ1) is 23.5. The smallest absolute Gasteiger partial charge is 0.0944 e. The topological polar surface area (TPSA) is 49.8 Å². The van der Waals surface area contributed by atoms with E-state index in [0.29, 0.717) is 16.8 Å². The summed E-state index contributed by atoms with van der Waals surface area (Å²) in [5.41, 5.74) is 19.6. The highest BCUT2D eigenvalue weighted by Gasteiger charge is 2.51. The zero-order valence-corrected chi connectivity index (χ0v) is 21.4. The molecule has 4 aromatic carbocycles. The molecule has 2 heteroatoms. The minimum absolute atomic E-state index is 0.292. The van der Waals surface area contributed by atoms with Gasteiger partial charge in [0.25, 0.3) is 0 Å². The van der Waals surface area contributed by atoms with Gasteiger partial charge < -0.3 is 5.73 Å². The van der Waals surface area contributed by atoms with Crippen LogP contribution >= 0.6 is 0 Å². The van der Waals surface area contributed by atoms with Crippen molar-refractivity contribution >= 4 is 0 Å². The summed E-state index contributed by atoms with van der Waals surface area (Å²) in [4.78, 5) is 0. The number of rotatable bonds is 5. The lowest BCUT2D eigenvalue weighted by Crippen LogP contribution is -2.25. The Morgan fingerprint density at radius 1 is 0.816 bits per heavy atom. The largest absolute Gasteiger partial charge is 0.398 e. The van der Waals surface area contributed by atoms with Crippen LogP contribution in [-0.4, -0.2) is 0 Å². The van der Waals surface area contributed by atoms with E-state index in [1.54, 1.807) is 13.0 Å². The molecule has 1 spiro atoms. The van der Waals surface area contributed by atoms with Gasteiger partial charge in [0.05, 0.1) is 11.5 Å². The highest BCUT2D eigenvalue weighted by Crippen LogP contribution is 2.62. The highest BCUT2D eigenvalue weighted by molar-refractivity contribution is 5.94. The normalized spacial score (nSPS) is 14.6. The molecule has 0 aromatic heterocycles. The van der Waals surface area contributed by atoms with Gasteiger partial charge in [-0.25, -0.2) is 0 Å². The predicted molar refractivity (Wildman–Crippen MR) is 156 cm³/mol. The van der Waals surface area contributed by atoms with Gasteiger partial charge in [-0.3, -0.25) is 0 Å². The number of allylic oxidation sites excluding steroid dienone is 5. The molecule has 0 radical (unpaired) electrons. The van der Waals surface area contributed by atoms with E-state index in [9.17, 15) is 0 Å². The quantitative estimate of drug-likeness (QED) is 0.197. The van der Waals surface area contributed by atoms with E-state index in [2.05, 4.69) is 110 Å². The second kappa shape index (κ2) is 9.21. The second-order valence-electron chi connectivity index (χ2n) is 9.99. The third-order valence-corrected chi connectivity index (χ3v) is 7.76. The summed E-state index contributed by atoms with van der Waals surface area (Å²) in [5, 5.41) is 8.96. The van der Waals surface area contributed by atoms with Crippen LogP contribution in [-0.2, 0) is 11.8 Å². The lowest BCUT2D eigenvalue weighted by molar-refractivity contribution is 0.793. The van der Waals surface area contributed by atoms with Gasteiger partial charge in [0.2, 0.25) is 0 Å². The molecular formula is C36H28N2. The summed E-state index contributed by atoms with van der Waals surface area (Å²) in [6.07, 6.45) is 8.40. The molecule has 0 saturated carbocycles. The van der Waals surface area contributed by atoms with Crippen molar-refractivity contribution in [1.82, 2.24) is 0 Å². The van der Waals surface area contributed by atoms with Gasteiger partial charge >= 0.3 is 0 Å². The number of benzene rings is 4. The number of nitriles is 1. The number of hydrogen-bond acceptors (Lipinski definition) is 2. The summed E-state index contributed by atoms with van der Waals surface area (Å²) < 4.78 is 0. The molecule has 0 amide bonds. The van der Waals surface area contributed by atoms with Crippen molar-refractivity contribution in [3.8, 4) is 28.3 Å². The van der Waals surface area contributed by atoms with E-state index < -0.39 is 0 Å². The molecule has 4 aromatic rings. The van der Waals surface area contributed by atoms with Crippen LogP contribution < -0.4 is 5.73 Å². The highest BCUT2D eigenvalue weighted by atomic mass is 14.6. The van der Waals surface area contributed by atoms with Gasteiger partial charge in [0, 0.05) is 11.3 Å². The number of fused-ring (bicyclic) bond motifs is 10. The zero-order valence-electron chi connectivity index (χ0n) is 21.4. The fourth-order valence-corrected chi connectivity index (χ4v) is 6.13. The lowest BCUT2D eigenvalue weighted by atomic mass is 9.70. The molecule has 0 fully saturated rings. The van der Waals surface area contributed by atoms with Gasteiger partial charge in [-0.15, -0.1) is 0 Å². The Kier molecular flexibility index (Phi) is 5.70. The molecule has 0 saturated heterocycles. The molecule has 0 atom stereocenters.